The van der Waals surface area contributed by atoms with Gasteiger partial charge in [0, 0.05) is 56.0 Å². The van der Waals surface area contributed by atoms with Crippen LogP contribution in [0.15, 0.2) is 237 Å². The van der Waals surface area contributed by atoms with Crippen LogP contribution >= 0.6 is 0 Å². The minimum Gasteiger partial charge on any atom is -0.329 e. The number of para-hydroxylation sites is 4. The standard InChI is InChI=1S/C60H39N7/c1-61-55-37-44(54-41-53(42-21-9-3-10-22-42)63-60(64-54)43-23-11-4-12-24-43)38-56(62-2)59(55)67-57-35-33-49(65(45-25-13-5-14-26-45)46-27-15-6-16-28-46)39-51(57)52-40-50(34-36-58(52)67)66(47-29-17-7-18-30-47)48-31-19-8-20-32-48/h3-41H. The molecule has 0 aliphatic carbocycles. The average Bonchev–Trinajstić information content (AvgIpc) is 3.72. The van der Waals surface area contributed by atoms with Crippen molar-refractivity contribution in [3.63, 3.8) is 0 Å². The summed E-state index contributed by atoms with van der Waals surface area (Å²) < 4.78 is 2.10. The Labute approximate surface area is 389 Å². The summed E-state index contributed by atoms with van der Waals surface area (Å²) in [4.78, 5) is 22.9. The molecule has 0 N–H and O–H groups in total. The summed E-state index contributed by atoms with van der Waals surface area (Å²) in [5, 5.41) is 1.94. The van der Waals surface area contributed by atoms with E-state index in [1.807, 2.05) is 103 Å². The first kappa shape index (κ1) is 40.2. The number of aromatic nitrogens is 3. The van der Waals surface area contributed by atoms with Gasteiger partial charge in [-0.05, 0) is 109 Å². The molecule has 0 spiro atoms. The van der Waals surface area contributed by atoms with Crippen LogP contribution in [-0.4, -0.2) is 14.5 Å². The van der Waals surface area contributed by atoms with Gasteiger partial charge in [-0.1, -0.05) is 133 Å². The highest BCUT2D eigenvalue weighted by atomic mass is 15.2. The van der Waals surface area contributed by atoms with Crippen molar-refractivity contribution in [1.29, 1.82) is 0 Å². The summed E-state index contributed by atoms with van der Waals surface area (Å²) in [6, 6.07) is 80.0. The number of nitrogens with zero attached hydrogens (tertiary/aromatic N) is 7. The summed E-state index contributed by atoms with van der Waals surface area (Å²) >= 11 is 0. The number of rotatable bonds is 10. The van der Waals surface area contributed by atoms with Crippen molar-refractivity contribution in [3.05, 3.63) is 259 Å². The summed E-state index contributed by atoms with van der Waals surface area (Å²) in [6.45, 7) is 17.4. The molecule has 9 aromatic carbocycles. The lowest BCUT2D eigenvalue weighted by Gasteiger charge is -2.26. The number of hydrogen-bond donors (Lipinski definition) is 0. The fourth-order valence-electron chi connectivity index (χ4n) is 8.94. The maximum absolute atomic E-state index is 8.71. The zero-order valence-electron chi connectivity index (χ0n) is 36.1. The Morgan fingerprint density at radius 1 is 0.343 bits per heavy atom. The quantitative estimate of drug-likeness (QED) is 0.129. The van der Waals surface area contributed by atoms with Crippen molar-refractivity contribution in [1.82, 2.24) is 14.5 Å². The largest absolute Gasteiger partial charge is 0.329 e. The second kappa shape index (κ2) is 17.5. The van der Waals surface area contributed by atoms with Crippen LogP contribution in [0.4, 0.5) is 45.5 Å². The van der Waals surface area contributed by atoms with Crippen molar-refractivity contribution in [2.24, 2.45) is 0 Å². The molecule has 0 aliphatic rings. The molecule has 0 fully saturated rings. The highest BCUT2D eigenvalue weighted by Gasteiger charge is 2.24. The molecule has 11 rings (SSSR count). The molecule has 11 aromatic rings. The van der Waals surface area contributed by atoms with Gasteiger partial charge in [0.1, 0.15) is 0 Å². The minimum atomic E-state index is 0.335. The number of fused-ring (bicyclic) bond motifs is 3. The van der Waals surface area contributed by atoms with Crippen molar-refractivity contribution >= 4 is 67.3 Å². The topological polar surface area (TPSA) is 45.9 Å². The Morgan fingerprint density at radius 2 is 0.701 bits per heavy atom. The second-order valence-electron chi connectivity index (χ2n) is 16.0. The molecule has 0 aliphatic heterocycles. The lowest BCUT2D eigenvalue weighted by atomic mass is 10.0. The summed E-state index contributed by atoms with van der Waals surface area (Å²) in [5.41, 5.74) is 12.8. The summed E-state index contributed by atoms with van der Waals surface area (Å²) in [5.74, 6) is 0.559. The molecule has 2 aromatic heterocycles. The third kappa shape index (κ3) is 7.59. The fraction of sp³-hybridized carbons (Fsp3) is 0. The highest BCUT2D eigenvalue weighted by Crippen LogP contribution is 2.47. The van der Waals surface area contributed by atoms with Gasteiger partial charge in [-0.2, -0.15) is 0 Å². The van der Waals surface area contributed by atoms with E-state index in [0.29, 0.717) is 34.1 Å². The summed E-state index contributed by atoms with van der Waals surface area (Å²) in [7, 11) is 0. The van der Waals surface area contributed by atoms with E-state index in [4.69, 9.17) is 23.1 Å². The van der Waals surface area contributed by atoms with Crippen LogP contribution in [0.3, 0.4) is 0 Å². The molecular formula is C60H39N7. The van der Waals surface area contributed by atoms with E-state index in [-0.39, 0.29) is 0 Å². The van der Waals surface area contributed by atoms with Gasteiger partial charge < -0.3 is 14.4 Å². The van der Waals surface area contributed by atoms with Crippen LogP contribution in [-0.2, 0) is 0 Å². The lowest BCUT2D eigenvalue weighted by Crippen LogP contribution is -2.09. The average molecular weight is 858 g/mol. The smallest absolute Gasteiger partial charge is 0.200 e. The SMILES string of the molecule is [C-]#[N+]c1cc(-c2cc(-c3ccccc3)nc(-c3ccccc3)n2)cc([N+]#[C-])c1-n1c2ccc(N(c3ccccc3)c3ccccc3)cc2c2cc(N(c3ccccc3)c3ccccc3)ccc21. The molecule has 7 nitrogen and oxygen atoms in total. The molecule has 67 heavy (non-hydrogen) atoms. The number of hydrogen-bond acceptors (Lipinski definition) is 4. The first-order valence-electron chi connectivity index (χ1n) is 22.0. The highest BCUT2D eigenvalue weighted by molar-refractivity contribution is 6.13. The van der Waals surface area contributed by atoms with E-state index < -0.39 is 0 Å². The Kier molecular flexibility index (Phi) is 10.5. The van der Waals surface area contributed by atoms with E-state index in [1.165, 1.54) is 0 Å². The molecule has 0 saturated carbocycles. The van der Waals surface area contributed by atoms with Crippen LogP contribution in [0.2, 0.25) is 0 Å². The fourth-order valence-corrected chi connectivity index (χ4v) is 8.94. The maximum Gasteiger partial charge on any atom is 0.200 e. The predicted molar refractivity (Wildman–Crippen MR) is 275 cm³/mol. The van der Waals surface area contributed by atoms with Crippen molar-refractivity contribution in [2.75, 3.05) is 9.80 Å². The Hall–Kier alpha value is -9.56. The van der Waals surface area contributed by atoms with Crippen LogP contribution in [0.5, 0.6) is 0 Å². The zero-order chi connectivity index (χ0) is 45.1. The number of anilines is 6. The minimum absolute atomic E-state index is 0.335. The van der Waals surface area contributed by atoms with Crippen molar-refractivity contribution < 1.29 is 0 Å². The number of benzene rings is 9. The molecule has 314 valence electrons. The molecule has 0 amide bonds. The van der Waals surface area contributed by atoms with Gasteiger partial charge in [0.05, 0.1) is 41.3 Å². The van der Waals surface area contributed by atoms with Crippen molar-refractivity contribution in [2.45, 2.75) is 0 Å². The van der Waals surface area contributed by atoms with Gasteiger partial charge in [-0.3, -0.25) is 0 Å². The molecule has 0 atom stereocenters. The first-order chi connectivity index (χ1) is 33.1. The predicted octanol–water partition coefficient (Wildman–Crippen LogP) is 16.6. The molecule has 2 heterocycles. The van der Waals surface area contributed by atoms with Gasteiger partial charge in [0.15, 0.2) is 5.82 Å². The van der Waals surface area contributed by atoms with Crippen LogP contribution < -0.4 is 9.80 Å². The van der Waals surface area contributed by atoms with Gasteiger partial charge in [-0.25, -0.2) is 19.7 Å². The Balaban J connectivity index is 1.16. The first-order valence-corrected chi connectivity index (χ1v) is 22.0. The van der Waals surface area contributed by atoms with Crippen LogP contribution in [0, 0.1) is 13.1 Å². The molecular weight excluding hydrogens is 819 g/mol. The van der Waals surface area contributed by atoms with Crippen LogP contribution in [0.1, 0.15) is 0 Å². The Morgan fingerprint density at radius 3 is 1.09 bits per heavy atom. The van der Waals surface area contributed by atoms with E-state index in [2.05, 4.69) is 158 Å². The maximum atomic E-state index is 8.71. The molecule has 7 heteroatoms. The van der Waals surface area contributed by atoms with Crippen molar-refractivity contribution in [3.8, 4) is 39.6 Å². The normalized spacial score (nSPS) is 11.0. The van der Waals surface area contributed by atoms with Gasteiger partial charge in [0.2, 0.25) is 11.4 Å². The molecule has 0 unspecified atom stereocenters. The second-order valence-corrected chi connectivity index (χ2v) is 16.0. The van der Waals surface area contributed by atoms with E-state index in [9.17, 15) is 0 Å². The van der Waals surface area contributed by atoms with Crippen LogP contribution in [0.25, 0.3) is 71.1 Å². The van der Waals surface area contributed by atoms with E-state index in [1.54, 1.807) is 0 Å². The third-order valence-electron chi connectivity index (χ3n) is 12.0. The molecule has 0 bridgehead atoms. The van der Waals surface area contributed by atoms with E-state index >= 15 is 0 Å². The van der Waals surface area contributed by atoms with E-state index in [0.717, 1.165) is 72.8 Å². The van der Waals surface area contributed by atoms with Gasteiger partial charge >= 0.3 is 0 Å². The van der Waals surface area contributed by atoms with Gasteiger partial charge in [0.25, 0.3) is 0 Å². The summed E-state index contributed by atoms with van der Waals surface area (Å²) in [6.07, 6.45) is 0. The monoisotopic (exact) mass is 857 g/mol. The molecule has 0 radical (unpaired) electrons. The molecule has 0 saturated heterocycles. The lowest BCUT2D eigenvalue weighted by molar-refractivity contribution is 1.17. The van der Waals surface area contributed by atoms with Gasteiger partial charge in [-0.15, -0.1) is 0 Å². The Bertz CT molecular complexity index is 3330. The third-order valence-corrected chi connectivity index (χ3v) is 12.0. The zero-order valence-corrected chi connectivity index (χ0v) is 36.1.